The molecule has 0 radical (unpaired) electrons. The molecule has 0 saturated heterocycles. The van der Waals surface area contributed by atoms with Gasteiger partial charge in [0.15, 0.2) is 0 Å². The first-order valence-corrected chi connectivity index (χ1v) is 8.94. The lowest BCUT2D eigenvalue weighted by Crippen LogP contribution is -2.24. The van der Waals surface area contributed by atoms with Gasteiger partial charge in [0.1, 0.15) is 5.65 Å². The highest BCUT2D eigenvalue weighted by Crippen LogP contribution is 2.40. The standard InChI is InChI=1S/C19H17ClF3N3/c20-14-8-15-13(9-24-18(15)25-10-14)7-12-1-2-16(26-17(12)21)11-3-5-19(22,23)6-4-11/h1-2,8-11H,3-7H2,(H,24,25). The van der Waals surface area contributed by atoms with Crippen LogP contribution in [0.1, 0.15) is 48.4 Å². The summed E-state index contributed by atoms with van der Waals surface area (Å²) in [5.41, 5.74) is 2.58. The number of alkyl halides is 2. The number of nitrogens with zero attached hydrogens (tertiary/aromatic N) is 2. The van der Waals surface area contributed by atoms with E-state index >= 15 is 0 Å². The fourth-order valence-electron chi connectivity index (χ4n) is 3.56. The van der Waals surface area contributed by atoms with E-state index in [1.165, 1.54) is 0 Å². The predicted octanol–water partition coefficient (Wildman–Crippen LogP) is 5.63. The Labute approximate surface area is 153 Å². The molecule has 0 bridgehead atoms. The molecule has 7 heteroatoms. The van der Waals surface area contributed by atoms with Crippen molar-refractivity contribution in [3.63, 3.8) is 0 Å². The molecule has 3 nitrogen and oxygen atoms in total. The Morgan fingerprint density at radius 3 is 2.69 bits per heavy atom. The first-order valence-electron chi connectivity index (χ1n) is 8.56. The van der Waals surface area contributed by atoms with Crippen molar-refractivity contribution in [2.75, 3.05) is 0 Å². The Kier molecular flexibility index (Phi) is 4.39. The predicted molar refractivity (Wildman–Crippen MR) is 94.3 cm³/mol. The molecule has 1 fully saturated rings. The van der Waals surface area contributed by atoms with Crippen molar-refractivity contribution >= 4 is 22.6 Å². The van der Waals surface area contributed by atoms with Crippen LogP contribution in [-0.4, -0.2) is 20.9 Å². The minimum Gasteiger partial charge on any atom is -0.346 e. The summed E-state index contributed by atoms with van der Waals surface area (Å²) >= 11 is 5.99. The van der Waals surface area contributed by atoms with Crippen LogP contribution < -0.4 is 0 Å². The molecule has 1 saturated carbocycles. The van der Waals surface area contributed by atoms with Gasteiger partial charge in [-0.25, -0.2) is 18.7 Å². The summed E-state index contributed by atoms with van der Waals surface area (Å²) in [6.07, 6.45) is 4.04. The normalized spacial score (nSPS) is 17.7. The molecule has 0 aliphatic heterocycles. The maximum Gasteiger partial charge on any atom is 0.248 e. The van der Waals surface area contributed by atoms with E-state index < -0.39 is 11.9 Å². The van der Waals surface area contributed by atoms with Gasteiger partial charge in [-0.2, -0.15) is 4.39 Å². The van der Waals surface area contributed by atoms with Crippen LogP contribution in [0.3, 0.4) is 0 Å². The number of halogens is 4. The number of hydrogen-bond acceptors (Lipinski definition) is 2. The summed E-state index contributed by atoms with van der Waals surface area (Å²) in [4.78, 5) is 11.3. The van der Waals surface area contributed by atoms with Gasteiger partial charge in [-0.3, -0.25) is 0 Å². The molecule has 26 heavy (non-hydrogen) atoms. The van der Waals surface area contributed by atoms with Crippen molar-refractivity contribution < 1.29 is 13.2 Å². The molecular weight excluding hydrogens is 363 g/mol. The van der Waals surface area contributed by atoms with Crippen LogP contribution in [0.4, 0.5) is 13.2 Å². The third-order valence-electron chi connectivity index (χ3n) is 5.05. The highest BCUT2D eigenvalue weighted by Gasteiger charge is 2.35. The molecule has 3 aromatic heterocycles. The fourth-order valence-corrected chi connectivity index (χ4v) is 3.71. The largest absolute Gasteiger partial charge is 0.346 e. The van der Waals surface area contributed by atoms with Gasteiger partial charge in [-0.1, -0.05) is 17.7 Å². The summed E-state index contributed by atoms with van der Waals surface area (Å²) in [6.45, 7) is 0. The van der Waals surface area contributed by atoms with Crippen LogP contribution >= 0.6 is 11.6 Å². The quantitative estimate of drug-likeness (QED) is 0.599. The van der Waals surface area contributed by atoms with E-state index in [1.807, 2.05) is 0 Å². The van der Waals surface area contributed by atoms with E-state index in [1.54, 1.807) is 30.6 Å². The molecular formula is C19H17ClF3N3. The van der Waals surface area contributed by atoms with E-state index in [4.69, 9.17) is 11.6 Å². The van der Waals surface area contributed by atoms with Crippen molar-refractivity contribution in [2.24, 2.45) is 0 Å². The third-order valence-corrected chi connectivity index (χ3v) is 5.25. The molecule has 4 rings (SSSR count). The maximum absolute atomic E-state index is 14.5. The van der Waals surface area contributed by atoms with Crippen molar-refractivity contribution in [2.45, 2.75) is 43.9 Å². The van der Waals surface area contributed by atoms with Gasteiger partial charge >= 0.3 is 0 Å². The van der Waals surface area contributed by atoms with Crippen LogP contribution in [0.2, 0.25) is 5.02 Å². The highest BCUT2D eigenvalue weighted by atomic mass is 35.5. The summed E-state index contributed by atoms with van der Waals surface area (Å²) < 4.78 is 41.1. The first kappa shape index (κ1) is 17.3. The Morgan fingerprint density at radius 2 is 1.96 bits per heavy atom. The molecule has 1 aliphatic carbocycles. The molecule has 0 spiro atoms. The molecule has 0 amide bonds. The van der Waals surface area contributed by atoms with Gasteiger partial charge in [0, 0.05) is 54.2 Å². The molecule has 1 aliphatic rings. The van der Waals surface area contributed by atoms with E-state index in [-0.39, 0.29) is 18.8 Å². The van der Waals surface area contributed by atoms with E-state index in [9.17, 15) is 13.2 Å². The van der Waals surface area contributed by atoms with Crippen LogP contribution in [0.5, 0.6) is 0 Å². The average Bonchev–Trinajstić information content (AvgIpc) is 2.99. The van der Waals surface area contributed by atoms with E-state index in [2.05, 4.69) is 15.0 Å². The minimum atomic E-state index is -2.60. The molecule has 3 heterocycles. The molecule has 3 aromatic rings. The van der Waals surface area contributed by atoms with Crippen LogP contribution in [0, 0.1) is 5.95 Å². The second-order valence-corrected chi connectivity index (χ2v) is 7.29. The van der Waals surface area contributed by atoms with Gasteiger partial charge in [-0.15, -0.1) is 0 Å². The monoisotopic (exact) mass is 379 g/mol. The number of aromatic amines is 1. The third kappa shape index (κ3) is 3.43. The molecule has 136 valence electrons. The van der Waals surface area contributed by atoms with Gasteiger partial charge in [0.05, 0.1) is 5.02 Å². The molecule has 1 N–H and O–H groups in total. The Morgan fingerprint density at radius 1 is 1.19 bits per heavy atom. The van der Waals surface area contributed by atoms with Gasteiger partial charge in [-0.05, 0) is 30.5 Å². The smallest absolute Gasteiger partial charge is 0.248 e. The van der Waals surface area contributed by atoms with Gasteiger partial charge in [0.2, 0.25) is 11.9 Å². The Bertz CT molecular complexity index is 944. The summed E-state index contributed by atoms with van der Waals surface area (Å²) in [7, 11) is 0. The van der Waals surface area contributed by atoms with Crippen LogP contribution in [-0.2, 0) is 6.42 Å². The lowest BCUT2D eigenvalue weighted by Gasteiger charge is -2.27. The lowest BCUT2D eigenvalue weighted by molar-refractivity contribution is -0.0385. The molecule has 0 atom stereocenters. The highest BCUT2D eigenvalue weighted by molar-refractivity contribution is 6.31. The van der Waals surface area contributed by atoms with Crippen LogP contribution in [0.25, 0.3) is 11.0 Å². The van der Waals surface area contributed by atoms with E-state index in [0.717, 1.165) is 10.9 Å². The zero-order chi connectivity index (χ0) is 18.3. The summed E-state index contributed by atoms with van der Waals surface area (Å²) in [6, 6.07) is 5.24. The van der Waals surface area contributed by atoms with Crippen LogP contribution in [0.15, 0.2) is 30.6 Å². The number of pyridine rings is 2. The number of fused-ring (bicyclic) bond motifs is 1. The SMILES string of the molecule is Fc1nc(C2CCC(F)(F)CC2)ccc1Cc1c[nH]c2ncc(Cl)cc12. The maximum atomic E-state index is 14.5. The number of rotatable bonds is 3. The minimum absolute atomic E-state index is 0.103. The first-order chi connectivity index (χ1) is 12.4. The molecule has 0 aromatic carbocycles. The Balaban J connectivity index is 1.55. The number of H-pyrrole nitrogens is 1. The summed E-state index contributed by atoms with van der Waals surface area (Å²) in [5.74, 6) is -3.25. The van der Waals surface area contributed by atoms with Crippen molar-refractivity contribution in [3.05, 3.63) is 58.4 Å². The summed E-state index contributed by atoms with van der Waals surface area (Å²) in [5, 5.41) is 1.36. The van der Waals surface area contributed by atoms with Crippen molar-refractivity contribution in [1.82, 2.24) is 15.0 Å². The number of hydrogen-bond donors (Lipinski definition) is 1. The number of aromatic nitrogens is 3. The van der Waals surface area contributed by atoms with Gasteiger partial charge < -0.3 is 4.98 Å². The Hall–Kier alpha value is -2.08. The average molecular weight is 380 g/mol. The van der Waals surface area contributed by atoms with Crippen molar-refractivity contribution in [3.8, 4) is 0 Å². The van der Waals surface area contributed by atoms with E-state index in [0.29, 0.717) is 41.2 Å². The topological polar surface area (TPSA) is 41.6 Å². The fraction of sp³-hybridized carbons (Fsp3) is 0.368. The molecule has 0 unspecified atom stereocenters. The zero-order valence-electron chi connectivity index (χ0n) is 13.9. The second-order valence-electron chi connectivity index (χ2n) is 6.86. The number of nitrogens with one attached hydrogen (secondary N) is 1. The lowest BCUT2D eigenvalue weighted by atomic mass is 9.84. The van der Waals surface area contributed by atoms with Gasteiger partial charge in [0.25, 0.3) is 0 Å². The van der Waals surface area contributed by atoms with Crippen molar-refractivity contribution in [1.29, 1.82) is 0 Å². The second kappa shape index (κ2) is 6.58. The zero-order valence-corrected chi connectivity index (χ0v) is 14.7.